The van der Waals surface area contributed by atoms with Gasteiger partial charge in [-0.15, -0.1) is 0 Å². The second kappa shape index (κ2) is 16.1. The van der Waals surface area contributed by atoms with Crippen molar-refractivity contribution < 1.29 is 0 Å². The molecule has 0 fully saturated rings. The number of nitrogens with zero attached hydrogens (tertiary/aromatic N) is 4. The fourth-order valence-electron chi connectivity index (χ4n) is 3.65. The van der Waals surface area contributed by atoms with E-state index in [1.165, 1.54) is 28.3 Å². The number of hydrogen-bond acceptors (Lipinski definition) is 4. The highest BCUT2D eigenvalue weighted by Gasteiger charge is 2.25. The van der Waals surface area contributed by atoms with Gasteiger partial charge in [-0.25, -0.2) is 0 Å². The maximum Gasteiger partial charge on any atom is 0.0655 e. The Morgan fingerprint density at radius 3 is 1.45 bits per heavy atom. The van der Waals surface area contributed by atoms with Crippen LogP contribution in [0.2, 0.25) is 0 Å². The lowest BCUT2D eigenvalue weighted by atomic mass is 10.1. The first-order valence-electron chi connectivity index (χ1n) is 12.0. The van der Waals surface area contributed by atoms with Crippen LogP contribution in [0.3, 0.4) is 0 Å². The highest BCUT2D eigenvalue weighted by Crippen LogP contribution is 2.46. The Hall–Kier alpha value is -2.56. The molecular formula is C29H48N4. The van der Waals surface area contributed by atoms with Gasteiger partial charge >= 0.3 is 0 Å². The largest absolute Gasteiger partial charge is 0.341 e. The van der Waals surface area contributed by atoms with Gasteiger partial charge in [0.25, 0.3) is 0 Å². The van der Waals surface area contributed by atoms with Gasteiger partial charge < -0.3 is 9.80 Å². The summed E-state index contributed by atoms with van der Waals surface area (Å²) < 4.78 is 0. The standard InChI is InChI=1S/C17H18N2.C8H18N2.2C2H6/c1-13(2)12-19-16-10-6-4-8-14(16)18(3)15-9-5-7-11-17(15)19;1-8(2)6-10(5)7-9(3)4;2*1-2/h4-11H,1,12H2,2-3H3;1,6-7H2,2-5H3;2*1-2H3. The fourth-order valence-corrected chi connectivity index (χ4v) is 3.65. The maximum absolute atomic E-state index is 4.06. The van der Waals surface area contributed by atoms with Crippen molar-refractivity contribution >= 4 is 22.7 Å². The van der Waals surface area contributed by atoms with Gasteiger partial charge in [0.2, 0.25) is 0 Å². The van der Waals surface area contributed by atoms with Crippen LogP contribution in [-0.2, 0) is 0 Å². The molecule has 4 nitrogen and oxygen atoms in total. The van der Waals surface area contributed by atoms with E-state index >= 15 is 0 Å². The molecule has 184 valence electrons. The molecule has 0 aliphatic carbocycles. The van der Waals surface area contributed by atoms with Crippen molar-refractivity contribution in [2.75, 3.05) is 57.7 Å². The lowest BCUT2D eigenvalue weighted by Crippen LogP contribution is -2.31. The Morgan fingerprint density at radius 2 is 1.12 bits per heavy atom. The van der Waals surface area contributed by atoms with Crippen LogP contribution in [0.15, 0.2) is 72.8 Å². The van der Waals surface area contributed by atoms with Crippen molar-refractivity contribution in [1.82, 2.24) is 9.80 Å². The fraction of sp³-hybridized carbons (Fsp3) is 0.448. The molecule has 1 heterocycles. The summed E-state index contributed by atoms with van der Waals surface area (Å²) in [7, 11) is 8.34. The zero-order valence-corrected chi connectivity index (χ0v) is 22.9. The molecule has 0 atom stereocenters. The molecule has 0 unspecified atom stereocenters. The topological polar surface area (TPSA) is 13.0 Å². The minimum absolute atomic E-state index is 0.849. The second-order valence-electron chi connectivity index (χ2n) is 8.27. The predicted octanol–water partition coefficient (Wildman–Crippen LogP) is 7.55. The van der Waals surface area contributed by atoms with Gasteiger partial charge in [-0.2, -0.15) is 0 Å². The number of fused-ring (bicyclic) bond motifs is 2. The highest BCUT2D eigenvalue weighted by molar-refractivity contribution is 5.92. The van der Waals surface area contributed by atoms with Gasteiger partial charge in [0, 0.05) is 20.1 Å². The van der Waals surface area contributed by atoms with E-state index in [-0.39, 0.29) is 0 Å². The molecule has 3 rings (SSSR count). The number of para-hydroxylation sites is 4. The summed E-state index contributed by atoms with van der Waals surface area (Å²) in [5.41, 5.74) is 7.34. The second-order valence-corrected chi connectivity index (χ2v) is 8.27. The molecule has 2 aromatic carbocycles. The summed E-state index contributed by atoms with van der Waals surface area (Å²) in [5.74, 6) is 0. The third-order valence-electron chi connectivity index (χ3n) is 4.56. The molecular weight excluding hydrogens is 404 g/mol. The van der Waals surface area contributed by atoms with Gasteiger partial charge in [-0.1, -0.05) is 76.3 Å². The van der Waals surface area contributed by atoms with E-state index in [0.717, 1.165) is 25.3 Å². The Kier molecular flexibility index (Phi) is 14.9. The summed E-state index contributed by atoms with van der Waals surface area (Å²) in [6.07, 6.45) is 0. The van der Waals surface area contributed by atoms with Crippen molar-refractivity contribution in [3.05, 3.63) is 72.8 Å². The minimum atomic E-state index is 0.849. The molecule has 33 heavy (non-hydrogen) atoms. The molecule has 0 saturated carbocycles. The smallest absolute Gasteiger partial charge is 0.0655 e. The van der Waals surface area contributed by atoms with Crippen LogP contribution in [0.4, 0.5) is 22.7 Å². The Morgan fingerprint density at radius 1 is 0.727 bits per heavy atom. The first kappa shape index (κ1) is 30.4. The van der Waals surface area contributed by atoms with E-state index in [1.54, 1.807) is 0 Å². The van der Waals surface area contributed by atoms with Crippen LogP contribution in [0.25, 0.3) is 0 Å². The Bertz CT molecular complexity index is 794. The first-order chi connectivity index (χ1) is 15.7. The van der Waals surface area contributed by atoms with Crippen LogP contribution in [-0.4, -0.2) is 57.7 Å². The molecule has 0 saturated heterocycles. The van der Waals surface area contributed by atoms with E-state index in [0.29, 0.717) is 0 Å². The van der Waals surface area contributed by atoms with Crippen molar-refractivity contribution in [2.24, 2.45) is 0 Å². The Labute approximate surface area is 204 Å². The van der Waals surface area contributed by atoms with Crippen molar-refractivity contribution in [1.29, 1.82) is 0 Å². The molecule has 0 N–H and O–H groups in total. The van der Waals surface area contributed by atoms with Crippen molar-refractivity contribution in [3.63, 3.8) is 0 Å². The summed E-state index contributed by atoms with van der Waals surface area (Å²) >= 11 is 0. The van der Waals surface area contributed by atoms with E-state index in [2.05, 4.69) is 116 Å². The molecule has 2 aromatic rings. The lowest BCUT2D eigenvalue weighted by molar-refractivity contribution is 0.224. The molecule has 0 aromatic heterocycles. The zero-order valence-electron chi connectivity index (χ0n) is 22.9. The third kappa shape index (κ3) is 9.85. The summed E-state index contributed by atoms with van der Waals surface area (Å²) in [6, 6.07) is 17.0. The molecule has 1 aliphatic rings. The predicted molar refractivity (Wildman–Crippen MR) is 151 cm³/mol. The minimum Gasteiger partial charge on any atom is -0.341 e. The summed E-state index contributed by atoms with van der Waals surface area (Å²) in [4.78, 5) is 8.96. The average Bonchev–Trinajstić information content (AvgIpc) is 2.78. The van der Waals surface area contributed by atoms with Gasteiger partial charge in [0.15, 0.2) is 0 Å². The highest BCUT2D eigenvalue weighted by atomic mass is 15.3. The molecule has 4 heteroatoms. The van der Waals surface area contributed by atoms with E-state index in [1.807, 2.05) is 34.6 Å². The summed E-state index contributed by atoms with van der Waals surface area (Å²) in [5, 5.41) is 0. The van der Waals surface area contributed by atoms with Crippen LogP contribution >= 0.6 is 0 Å². The Balaban J connectivity index is 0.000000626. The zero-order chi connectivity index (χ0) is 25.6. The average molecular weight is 453 g/mol. The molecule has 0 bridgehead atoms. The number of rotatable bonds is 6. The number of benzene rings is 2. The van der Waals surface area contributed by atoms with Gasteiger partial charge in [0.1, 0.15) is 0 Å². The van der Waals surface area contributed by atoms with E-state index < -0.39 is 0 Å². The number of hydrogen-bond donors (Lipinski definition) is 0. The van der Waals surface area contributed by atoms with Crippen molar-refractivity contribution in [2.45, 2.75) is 41.5 Å². The maximum atomic E-state index is 4.06. The van der Waals surface area contributed by atoms with Crippen LogP contribution < -0.4 is 9.80 Å². The van der Waals surface area contributed by atoms with Gasteiger partial charge in [-0.05, 0) is 59.3 Å². The van der Waals surface area contributed by atoms with Crippen molar-refractivity contribution in [3.8, 4) is 0 Å². The summed E-state index contributed by atoms with van der Waals surface area (Å²) in [6.45, 7) is 22.8. The third-order valence-corrected chi connectivity index (χ3v) is 4.56. The quantitative estimate of drug-likeness (QED) is 0.331. The van der Waals surface area contributed by atoms with E-state index in [9.17, 15) is 0 Å². The molecule has 0 radical (unpaired) electrons. The van der Waals surface area contributed by atoms with Crippen LogP contribution in [0, 0.1) is 0 Å². The lowest BCUT2D eigenvalue weighted by Gasteiger charge is -2.38. The first-order valence-corrected chi connectivity index (χ1v) is 12.0. The van der Waals surface area contributed by atoms with E-state index in [4.69, 9.17) is 0 Å². The number of likely N-dealkylation sites (N-methyl/N-ethyl adjacent to an activating group) is 1. The normalized spacial score (nSPS) is 11.2. The monoisotopic (exact) mass is 452 g/mol. The molecule has 1 aliphatic heterocycles. The van der Waals surface area contributed by atoms with Gasteiger partial charge in [0.05, 0.1) is 29.4 Å². The van der Waals surface area contributed by atoms with Crippen LogP contribution in [0.5, 0.6) is 0 Å². The van der Waals surface area contributed by atoms with Gasteiger partial charge in [-0.3, -0.25) is 9.80 Å². The molecule has 0 amide bonds. The number of anilines is 4. The molecule has 0 spiro atoms. The SMILES string of the molecule is C=C(C)CN(C)CN(C)C.C=C(C)CN1c2ccccc2N(C)c2ccccc21.CC.CC. The van der Waals surface area contributed by atoms with Crippen LogP contribution in [0.1, 0.15) is 41.5 Å².